The number of fused-ring (bicyclic) bond motifs is 1. The summed E-state index contributed by atoms with van der Waals surface area (Å²) in [6, 6.07) is 6.09. The van der Waals surface area contributed by atoms with Gasteiger partial charge in [-0.3, -0.25) is 4.79 Å². The molecule has 1 amide bonds. The fourth-order valence-electron chi connectivity index (χ4n) is 2.71. The van der Waals surface area contributed by atoms with Crippen molar-refractivity contribution < 1.29 is 13.2 Å². The van der Waals surface area contributed by atoms with Gasteiger partial charge in [-0.25, -0.2) is 8.42 Å². The molecule has 128 valence electrons. The summed E-state index contributed by atoms with van der Waals surface area (Å²) in [5.74, 6) is 1.36. The summed E-state index contributed by atoms with van der Waals surface area (Å²) in [6.45, 7) is 2.40. The zero-order chi connectivity index (χ0) is 17.3. The summed E-state index contributed by atoms with van der Waals surface area (Å²) >= 11 is 0. The van der Waals surface area contributed by atoms with Gasteiger partial charge >= 0.3 is 0 Å². The second-order valence-corrected chi connectivity index (χ2v) is 7.80. The first-order chi connectivity index (χ1) is 11.4. The third-order valence-electron chi connectivity index (χ3n) is 3.93. The lowest BCUT2D eigenvalue weighted by Crippen LogP contribution is -2.28. The molecule has 1 aliphatic rings. The predicted octanol–water partition coefficient (Wildman–Crippen LogP) is 1.00. The molecule has 24 heavy (non-hydrogen) atoms. The Morgan fingerprint density at radius 1 is 1.29 bits per heavy atom. The van der Waals surface area contributed by atoms with Gasteiger partial charge in [-0.2, -0.15) is 4.31 Å². The third-order valence-corrected chi connectivity index (χ3v) is 5.75. The molecular weight excluding hydrogens is 330 g/mol. The van der Waals surface area contributed by atoms with Gasteiger partial charge in [0.05, 0.1) is 11.4 Å². The predicted molar refractivity (Wildman–Crippen MR) is 87.7 cm³/mol. The molecule has 0 saturated carbocycles. The Hall–Kier alpha value is -2.26. The van der Waals surface area contributed by atoms with Crippen LogP contribution in [0, 0.1) is 0 Å². The molecule has 0 atom stereocenters. The van der Waals surface area contributed by atoms with E-state index in [1.54, 1.807) is 12.1 Å². The molecule has 8 nitrogen and oxygen atoms in total. The van der Waals surface area contributed by atoms with E-state index in [1.807, 2.05) is 4.57 Å². The van der Waals surface area contributed by atoms with Gasteiger partial charge in [0.2, 0.25) is 15.9 Å². The molecule has 2 aromatic rings. The number of nitrogens with zero attached hydrogens (tertiary/aromatic N) is 4. The molecule has 0 fully saturated rings. The van der Waals surface area contributed by atoms with Crippen molar-refractivity contribution in [2.75, 3.05) is 12.4 Å². The molecule has 0 bridgehead atoms. The van der Waals surface area contributed by atoms with Crippen LogP contribution in [0.4, 0.5) is 5.69 Å². The van der Waals surface area contributed by atoms with E-state index in [0.717, 1.165) is 25.2 Å². The van der Waals surface area contributed by atoms with Crippen molar-refractivity contribution in [2.24, 2.45) is 0 Å². The molecule has 1 N–H and O–H groups in total. The van der Waals surface area contributed by atoms with Crippen LogP contribution < -0.4 is 5.32 Å². The molecule has 1 aliphatic heterocycles. The molecule has 0 unspecified atom stereocenters. The van der Waals surface area contributed by atoms with Crippen LogP contribution in [0.3, 0.4) is 0 Å². The molecular formula is C15H19N5O3S. The highest BCUT2D eigenvalue weighted by Gasteiger charge is 2.25. The number of rotatable bonds is 5. The summed E-state index contributed by atoms with van der Waals surface area (Å²) in [4.78, 5) is 11.2. The van der Waals surface area contributed by atoms with Gasteiger partial charge in [0.25, 0.3) is 0 Å². The first-order valence-corrected chi connectivity index (χ1v) is 9.07. The standard InChI is InChI=1S/C15H19N5O3S/c1-11(21)16-12-5-7-13(8-6-12)24(22,23)19(2)10-15-18-17-14-4-3-9-20(14)15/h5-8H,3-4,9-10H2,1-2H3,(H,16,21). The number of nitrogens with one attached hydrogen (secondary N) is 1. The van der Waals surface area contributed by atoms with Crippen molar-refractivity contribution in [2.45, 2.75) is 37.8 Å². The number of sulfonamides is 1. The second-order valence-electron chi connectivity index (χ2n) is 5.75. The van der Waals surface area contributed by atoms with E-state index in [9.17, 15) is 13.2 Å². The number of benzene rings is 1. The van der Waals surface area contributed by atoms with Gasteiger partial charge < -0.3 is 9.88 Å². The number of carbonyl (C=O) groups is 1. The maximum atomic E-state index is 12.7. The highest BCUT2D eigenvalue weighted by molar-refractivity contribution is 7.89. The summed E-state index contributed by atoms with van der Waals surface area (Å²) in [5, 5.41) is 10.8. The Bertz CT molecular complexity index is 858. The van der Waals surface area contributed by atoms with Crippen molar-refractivity contribution in [3.63, 3.8) is 0 Å². The van der Waals surface area contributed by atoms with Gasteiger partial charge in [0.1, 0.15) is 11.6 Å². The molecule has 3 rings (SSSR count). The highest BCUT2D eigenvalue weighted by atomic mass is 32.2. The fraction of sp³-hybridized carbons (Fsp3) is 0.400. The monoisotopic (exact) mass is 349 g/mol. The van der Waals surface area contributed by atoms with E-state index in [-0.39, 0.29) is 17.3 Å². The Morgan fingerprint density at radius 3 is 2.67 bits per heavy atom. The van der Waals surface area contributed by atoms with Gasteiger partial charge in [0, 0.05) is 32.6 Å². The van der Waals surface area contributed by atoms with Crippen LogP contribution in [0.2, 0.25) is 0 Å². The van der Waals surface area contributed by atoms with Crippen molar-refractivity contribution in [1.82, 2.24) is 19.1 Å². The minimum atomic E-state index is -3.64. The molecule has 1 aromatic heterocycles. The maximum absolute atomic E-state index is 12.7. The van der Waals surface area contributed by atoms with Crippen LogP contribution in [0.25, 0.3) is 0 Å². The summed E-state index contributed by atoms with van der Waals surface area (Å²) in [7, 11) is -2.12. The Morgan fingerprint density at radius 2 is 2.00 bits per heavy atom. The van der Waals surface area contributed by atoms with Crippen LogP contribution >= 0.6 is 0 Å². The van der Waals surface area contributed by atoms with E-state index in [1.165, 1.54) is 30.4 Å². The van der Waals surface area contributed by atoms with Crippen LogP contribution in [-0.2, 0) is 34.3 Å². The molecule has 1 aromatic carbocycles. The number of hydrogen-bond acceptors (Lipinski definition) is 5. The minimum absolute atomic E-state index is 0.167. The number of hydrogen-bond donors (Lipinski definition) is 1. The van der Waals surface area contributed by atoms with E-state index in [0.29, 0.717) is 11.5 Å². The number of carbonyl (C=O) groups excluding carboxylic acids is 1. The number of amides is 1. The van der Waals surface area contributed by atoms with Crippen molar-refractivity contribution in [3.8, 4) is 0 Å². The molecule has 0 saturated heterocycles. The topological polar surface area (TPSA) is 97.2 Å². The van der Waals surface area contributed by atoms with Crippen LogP contribution in [0.5, 0.6) is 0 Å². The lowest BCUT2D eigenvalue weighted by Gasteiger charge is -2.17. The van der Waals surface area contributed by atoms with Gasteiger partial charge in [-0.05, 0) is 30.7 Å². The maximum Gasteiger partial charge on any atom is 0.243 e. The third kappa shape index (κ3) is 3.17. The Kier molecular flexibility index (Phi) is 4.37. The van der Waals surface area contributed by atoms with Crippen LogP contribution in [0.1, 0.15) is 25.0 Å². The average molecular weight is 349 g/mol. The SMILES string of the molecule is CC(=O)Nc1ccc(S(=O)(=O)N(C)Cc2nnc3n2CCC3)cc1. The van der Waals surface area contributed by atoms with E-state index in [4.69, 9.17) is 0 Å². The van der Waals surface area contributed by atoms with E-state index in [2.05, 4.69) is 15.5 Å². The lowest BCUT2D eigenvalue weighted by atomic mass is 10.3. The van der Waals surface area contributed by atoms with Gasteiger partial charge in [-0.15, -0.1) is 10.2 Å². The van der Waals surface area contributed by atoms with E-state index >= 15 is 0 Å². The van der Waals surface area contributed by atoms with Crippen LogP contribution in [0.15, 0.2) is 29.2 Å². The molecule has 0 radical (unpaired) electrons. The van der Waals surface area contributed by atoms with Crippen molar-refractivity contribution in [1.29, 1.82) is 0 Å². The summed E-state index contributed by atoms with van der Waals surface area (Å²) in [5.41, 5.74) is 0.555. The number of aromatic nitrogens is 3. The first-order valence-electron chi connectivity index (χ1n) is 7.63. The Balaban J connectivity index is 1.77. The zero-order valence-electron chi connectivity index (χ0n) is 13.6. The second kappa shape index (κ2) is 6.33. The largest absolute Gasteiger partial charge is 0.326 e. The fourth-order valence-corrected chi connectivity index (χ4v) is 3.83. The quantitative estimate of drug-likeness (QED) is 0.869. The van der Waals surface area contributed by atoms with Gasteiger partial charge in [0.15, 0.2) is 0 Å². The van der Waals surface area contributed by atoms with Gasteiger partial charge in [-0.1, -0.05) is 0 Å². The normalized spacial score (nSPS) is 14.0. The zero-order valence-corrected chi connectivity index (χ0v) is 14.4. The lowest BCUT2D eigenvalue weighted by molar-refractivity contribution is -0.114. The molecule has 0 spiro atoms. The molecule has 0 aliphatic carbocycles. The highest BCUT2D eigenvalue weighted by Crippen LogP contribution is 2.20. The van der Waals surface area contributed by atoms with Crippen molar-refractivity contribution >= 4 is 21.6 Å². The van der Waals surface area contributed by atoms with Crippen molar-refractivity contribution in [3.05, 3.63) is 35.9 Å². The van der Waals surface area contributed by atoms with Crippen LogP contribution in [-0.4, -0.2) is 40.4 Å². The summed E-state index contributed by atoms with van der Waals surface area (Å²) < 4.78 is 28.6. The summed E-state index contributed by atoms with van der Waals surface area (Å²) in [6.07, 6.45) is 1.90. The first kappa shape index (κ1) is 16.6. The average Bonchev–Trinajstić information content (AvgIpc) is 3.12. The molecule has 9 heteroatoms. The molecule has 2 heterocycles. The number of anilines is 1. The number of aryl methyl sites for hydroxylation is 1. The smallest absolute Gasteiger partial charge is 0.243 e. The Labute approximate surface area is 140 Å². The van der Waals surface area contributed by atoms with E-state index < -0.39 is 10.0 Å². The minimum Gasteiger partial charge on any atom is -0.326 e.